The zero-order valence-corrected chi connectivity index (χ0v) is 9.43. The van der Waals surface area contributed by atoms with Crippen molar-refractivity contribution in [2.75, 3.05) is 17.7 Å². The average Bonchev–Trinajstić information content (AvgIpc) is 2.33. The topological polar surface area (TPSA) is 36.4 Å². The van der Waals surface area contributed by atoms with Crippen molar-refractivity contribution < 1.29 is 8.78 Å². The maximum atomic E-state index is 13.8. The van der Waals surface area contributed by atoms with Gasteiger partial charge in [-0.05, 0) is 24.9 Å². The van der Waals surface area contributed by atoms with E-state index in [0.29, 0.717) is 0 Å². The van der Waals surface area contributed by atoms with Gasteiger partial charge in [-0.25, -0.2) is 13.8 Å². The van der Waals surface area contributed by atoms with E-state index in [1.54, 1.807) is 7.05 Å². The third kappa shape index (κ3) is 2.90. The molecule has 2 N–H and O–H groups in total. The second-order valence-electron chi connectivity index (χ2n) is 3.10. The molecule has 0 saturated heterocycles. The van der Waals surface area contributed by atoms with E-state index in [9.17, 15) is 8.78 Å². The minimum Gasteiger partial charge on any atom is -0.386 e. The van der Waals surface area contributed by atoms with Crippen molar-refractivity contribution in [2.45, 2.75) is 0 Å². The van der Waals surface area contributed by atoms with Crippen LogP contribution in [-0.4, -0.2) is 13.8 Å². The maximum absolute atomic E-state index is 13.8. The molecule has 5 heteroatoms. The highest BCUT2D eigenvalue weighted by molar-refractivity contribution is 5.61. The highest BCUT2D eigenvalue weighted by Crippen LogP contribution is 2.26. The number of benzene rings is 1. The van der Waals surface area contributed by atoms with Gasteiger partial charge in [0.25, 0.3) is 0 Å². The minimum absolute atomic E-state index is 0.191. The SMILES string of the molecule is C=C/C=C(/N=C)Nc1c(F)ccc(NC)c1F. The smallest absolute Gasteiger partial charge is 0.172 e. The van der Waals surface area contributed by atoms with Gasteiger partial charge in [-0.3, -0.25) is 0 Å². The lowest BCUT2D eigenvalue weighted by Gasteiger charge is -2.11. The number of halogens is 2. The monoisotopic (exact) mass is 237 g/mol. The predicted molar refractivity (Wildman–Crippen MR) is 67.4 cm³/mol. The molecule has 1 aromatic carbocycles. The summed E-state index contributed by atoms with van der Waals surface area (Å²) in [7, 11) is 1.55. The van der Waals surface area contributed by atoms with E-state index >= 15 is 0 Å². The van der Waals surface area contributed by atoms with Crippen LogP contribution in [0.2, 0.25) is 0 Å². The molecule has 0 amide bonds. The fourth-order valence-electron chi connectivity index (χ4n) is 1.23. The summed E-state index contributed by atoms with van der Waals surface area (Å²) in [5.74, 6) is -1.21. The fraction of sp³-hybridized carbons (Fsp3) is 0.0833. The van der Waals surface area contributed by atoms with Crippen LogP contribution in [0.5, 0.6) is 0 Å². The highest BCUT2D eigenvalue weighted by atomic mass is 19.1. The standard InChI is InChI=1S/C12H13F2N3/c1-4-5-10(16-3)17-12-8(13)6-7-9(15-2)11(12)14/h4-7,15,17H,1,3H2,2H3/b10-5-. The molecule has 0 aliphatic heterocycles. The van der Waals surface area contributed by atoms with Gasteiger partial charge in [-0.1, -0.05) is 12.7 Å². The molecule has 0 aliphatic rings. The second kappa shape index (κ2) is 5.79. The summed E-state index contributed by atoms with van der Waals surface area (Å²) in [5.41, 5.74) is -0.0896. The molecular weight excluding hydrogens is 224 g/mol. The van der Waals surface area contributed by atoms with Crippen molar-refractivity contribution in [1.82, 2.24) is 0 Å². The number of anilines is 2. The molecule has 0 heterocycles. The molecule has 0 fully saturated rings. The first-order valence-electron chi connectivity index (χ1n) is 4.86. The zero-order valence-electron chi connectivity index (χ0n) is 9.43. The lowest BCUT2D eigenvalue weighted by atomic mass is 10.2. The summed E-state index contributed by atoms with van der Waals surface area (Å²) < 4.78 is 27.2. The maximum Gasteiger partial charge on any atom is 0.172 e. The van der Waals surface area contributed by atoms with Gasteiger partial charge in [0.15, 0.2) is 5.82 Å². The van der Waals surface area contributed by atoms with Crippen LogP contribution in [0.1, 0.15) is 0 Å². The molecule has 1 aromatic rings. The lowest BCUT2D eigenvalue weighted by molar-refractivity contribution is 0.592. The van der Waals surface area contributed by atoms with Crippen LogP contribution < -0.4 is 10.6 Å². The summed E-state index contributed by atoms with van der Waals surface area (Å²) >= 11 is 0. The number of hydrogen-bond donors (Lipinski definition) is 2. The summed E-state index contributed by atoms with van der Waals surface area (Å²) in [4.78, 5) is 3.59. The highest BCUT2D eigenvalue weighted by Gasteiger charge is 2.13. The van der Waals surface area contributed by atoms with Crippen molar-refractivity contribution in [3.8, 4) is 0 Å². The van der Waals surface area contributed by atoms with Crippen LogP contribution in [-0.2, 0) is 0 Å². The number of rotatable bonds is 5. The molecule has 0 aromatic heterocycles. The fourth-order valence-corrected chi connectivity index (χ4v) is 1.23. The first-order valence-corrected chi connectivity index (χ1v) is 4.86. The van der Waals surface area contributed by atoms with Crippen molar-refractivity contribution in [2.24, 2.45) is 4.99 Å². The predicted octanol–water partition coefficient (Wildman–Crippen LogP) is 3.15. The summed E-state index contributed by atoms with van der Waals surface area (Å²) in [6.45, 7) is 6.75. The molecule has 0 saturated carbocycles. The number of nitrogens with zero attached hydrogens (tertiary/aromatic N) is 1. The van der Waals surface area contributed by atoms with Crippen LogP contribution in [0.3, 0.4) is 0 Å². The van der Waals surface area contributed by atoms with Gasteiger partial charge in [0.2, 0.25) is 0 Å². The van der Waals surface area contributed by atoms with E-state index in [1.807, 2.05) is 0 Å². The van der Waals surface area contributed by atoms with Gasteiger partial charge in [0.1, 0.15) is 17.3 Å². The third-order valence-electron chi connectivity index (χ3n) is 2.06. The van der Waals surface area contributed by atoms with Gasteiger partial charge in [0, 0.05) is 7.05 Å². The van der Waals surface area contributed by atoms with Crippen LogP contribution in [0, 0.1) is 11.6 Å². The first kappa shape index (κ1) is 12.9. The Balaban J connectivity index is 3.17. The second-order valence-corrected chi connectivity index (χ2v) is 3.10. The van der Waals surface area contributed by atoms with Gasteiger partial charge in [0.05, 0.1) is 5.69 Å². The Hall–Kier alpha value is -2.17. The van der Waals surface area contributed by atoms with Crippen LogP contribution in [0.25, 0.3) is 0 Å². The molecule has 1 rings (SSSR count). The van der Waals surface area contributed by atoms with Crippen molar-refractivity contribution in [1.29, 1.82) is 0 Å². The van der Waals surface area contributed by atoms with Crippen molar-refractivity contribution in [3.05, 3.63) is 48.3 Å². The molecule has 0 bridgehead atoms. The van der Waals surface area contributed by atoms with Crippen LogP contribution in [0.4, 0.5) is 20.2 Å². The first-order chi connectivity index (χ1) is 8.13. The van der Waals surface area contributed by atoms with Crippen LogP contribution >= 0.6 is 0 Å². The van der Waals surface area contributed by atoms with Gasteiger partial charge in [-0.15, -0.1) is 0 Å². The molecule has 3 nitrogen and oxygen atoms in total. The van der Waals surface area contributed by atoms with E-state index in [1.165, 1.54) is 18.2 Å². The Kier molecular flexibility index (Phi) is 4.39. The molecule has 17 heavy (non-hydrogen) atoms. The van der Waals surface area contributed by atoms with E-state index < -0.39 is 11.6 Å². The molecule has 90 valence electrons. The summed E-state index contributed by atoms with van der Waals surface area (Å²) in [6, 6.07) is 2.47. The van der Waals surface area contributed by atoms with Crippen molar-refractivity contribution in [3.63, 3.8) is 0 Å². The summed E-state index contributed by atoms with van der Waals surface area (Å²) in [6.07, 6.45) is 2.90. The normalized spacial score (nSPS) is 10.9. The number of nitrogens with one attached hydrogen (secondary N) is 2. The van der Waals surface area contributed by atoms with E-state index in [4.69, 9.17) is 0 Å². The molecule has 0 aliphatic carbocycles. The quantitative estimate of drug-likeness (QED) is 0.609. The van der Waals surface area contributed by atoms with Gasteiger partial charge in [-0.2, -0.15) is 0 Å². The van der Waals surface area contributed by atoms with E-state index in [-0.39, 0.29) is 17.2 Å². The molecule has 0 spiro atoms. The average molecular weight is 237 g/mol. The molecular formula is C12H13F2N3. The Morgan fingerprint density at radius 2 is 2.12 bits per heavy atom. The molecule has 0 atom stereocenters. The minimum atomic E-state index is -0.717. The van der Waals surface area contributed by atoms with Crippen molar-refractivity contribution >= 4 is 18.1 Å². The third-order valence-corrected chi connectivity index (χ3v) is 2.06. The van der Waals surface area contributed by atoms with Gasteiger partial charge < -0.3 is 10.6 Å². The molecule has 0 unspecified atom stereocenters. The zero-order chi connectivity index (χ0) is 12.8. The van der Waals surface area contributed by atoms with Gasteiger partial charge >= 0.3 is 0 Å². The number of hydrogen-bond acceptors (Lipinski definition) is 3. The number of allylic oxidation sites excluding steroid dienone is 2. The largest absolute Gasteiger partial charge is 0.386 e. The van der Waals surface area contributed by atoms with E-state index in [2.05, 4.69) is 28.9 Å². The van der Waals surface area contributed by atoms with E-state index in [0.717, 1.165) is 6.07 Å². The Morgan fingerprint density at radius 1 is 1.41 bits per heavy atom. The van der Waals surface area contributed by atoms with Crippen LogP contribution in [0.15, 0.2) is 41.7 Å². The lowest BCUT2D eigenvalue weighted by Crippen LogP contribution is -2.04. The molecule has 0 radical (unpaired) electrons. The Labute approximate surface area is 98.6 Å². The number of aliphatic imine (C=N–C) groups is 1. The Morgan fingerprint density at radius 3 is 2.65 bits per heavy atom. The Bertz CT molecular complexity index is 467. The summed E-state index contributed by atoms with van der Waals surface area (Å²) in [5, 5.41) is 5.13.